The first kappa shape index (κ1) is 13.9. The summed E-state index contributed by atoms with van der Waals surface area (Å²) in [5.74, 6) is -0.815. The molecule has 2 N–H and O–H groups in total. The zero-order valence-electron chi connectivity index (χ0n) is 10.5. The van der Waals surface area contributed by atoms with E-state index in [9.17, 15) is 9.59 Å². The molecule has 0 aromatic carbocycles. The highest BCUT2D eigenvalue weighted by atomic mass is 16.4. The van der Waals surface area contributed by atoms with Gasteiger partial charge >= 0.3 is 5.97 Å². The maximum absolute atomic E-state index is 11.5. The summed E-state index contributed by atoms with van der Waals surface area (Å²) in [6.07, 6.45) is 2.49. The molecule has 7 heteroatoms. The van der Waals surface area contributed by atoms with E-state index >= 15 is 0 Å². The van der Waals surface area contributed by atoms with Gasteiger partial charge in [0.1, 0.15) is 5.82 Å². The van der Waals surface area contributed by atoms with E-state index in [0.29, 0.717) is 5.82 Å². The summed E-state index contributed by atoms with van der Waals surface area (Å²) in [4.78, 5) is 31.4. The monoisotopic (exact) mass is 252 g/mol. The second-order valence-corrected chi connectivity index (χ2v) is 4.14. The standard InChI is InChI=1S/C11H16N4O3/c1-7(2)14-10(16)6-15(3)9-5-12-8(4-13-9)11(17)18/h4-5,7H,6H2,1-3H3,(H,14,16)(H,17,18). The zero-order valence-corrected chi connectivity index (χ0v) is 10.5. The Labute approximate surface area is 105 Å². The Morgan fingerprint density at radius 3 is 2.50 bits per heavy atom. The summed E-state index contributed by atoms with van der Waals surface area (Å²) in [5, 5.41) is 11.4. The van der Waals surface area contributed by atoms with Gasteiger partial charge < -0.3 is 15.3 Å². The molecule has 0 aliphatic rings. The van der Waals surface area contributed by atoms with E-state index < -0.39 is 5.97 Å². The fraction of sp³-hybridized carbons (Fsp3) is 0.455. The van der Waals surface area contributed by atoms with Gasteiger partial charge in [-0.15, -0.1) is 0 Å². The van der Waals surface area contributed by atoms with E-state index in [0.717, 1.165) is 6.20 Å². The molecule has 0 radical (unpaired) electrons. The normalized spacial score (nSPS) is 10.2. The predicted molar refractivity (Wildman–Crippen MR) is 65.5 cm³/mol. The number of carbonyl (C=O) groups excluding carboxylic acids is 1. The minimum atomic E-state index is -1.13. The number of carboxylic acids is 1. The van der Waals surface area contributed by atoms with Crippen LogP contribution in [0.5, 0.6) is 0 Å². The molecule has 98 valence electrons. The molecule has 0 unspecified atom stereocenters. The van der Waals surface area contributed by atoms with Crippen molar-refractivity contribution in [3.8, 4) is 0 Å². The third kappa shape index (κ3) is 4.00. The summed E-state index contributed by atoms with van der Waals surface area (Å²) in [5.41, 5.74) is -0.126. The maximum atomic E-state index is 11.5. The van der Waals surface area contributed by atoms with Gasteiger partial charge in [-0.2, -0.15) is 0 Å². The van der Waals surface area contributed by atoms with Gasteiger partial charge in [-0.3, -0.25) is 4.79 Å². The Morgan fingerprint density at radius 2 is 2.06 bits per heavy atom. The fourth-order valence-corrected chi connectivity index (χ4v) is 1.29. The molecule has 0 spiro atoms. The highest BCUT2D eigenvalue weighted by molar-refractivity contribution is 5.85. The van der Waals surface area contributed by atoms with E-state index in [1.165, 1.54) is 6.20 Å². The van der Waals surface area contributed by atoms with Crippen LogP contribution in [0.15, 0.2) is 12.4 Å². The number of carbonyl (C=O) groups is 2. The molecule has 7 nitrogen and oxygen atoms in total. The second-order valence-electron chi connectivity index (χ2n) is 4.14. The molecule has 1 aromatic rings. The van der Waals surface area contributed by atoms with Gasteiger partial charge in [0.25, 0.3) is 0 Å². The molecule has 1 heterocycles. The van der Waals surface area contributed by atoms with Crippen molar-refractivity contribution in [2.75, 3.05) is 18.5 Å². The first-order chi connectivity index (χ1) is 8.40. The molecule has 1 amide bonds. The third-order valence-electron chi connectivity index (χ3n) is 2.08. The first-order valence-corrected chi connectivity index (χ1v) is 5.46. The van der Waals surface area contributed by atoms with Crippen molar-refractivity contribution in [3.63, 3.8) is 0 Å². The van der Waals surface area contributed by atoms with Crippen LogP contribution in [0.3, 0.4) is 0 Å². The van der Waals surface area contributed by atoms with Crippen LogP contribution in [0.4, 0.5) is 5.82 Å². The SMILES string of the molecule is CC(C)NC(=O)CN(C)c1cnc(C(=O)O)cn1. The number of rotatable bonds is 5. The highest BCUT2D eigenvalue weighted by Crippen LogP contribution is 2.06. The molecule has 0 atom stereocenters. The Hall–Kier alpha value is -2.18. The second kappa shape index (κ2) is 5.95. The fourth-order valence-electron chi connectivity index (χ4n) is 1.29. The molecule has 1 rings (SSSR count). The van der Waals surface area contributed by atoms with Crippen molar-refractivity contribution < 1.29 is 14.7 Å². The number of hydrogen-bond acceptors (Lipinski definition) is 5. The number of anilines is 1. The topological polar surface area (TPSA) is 95.4 Å². The number of nitrogens with one attached hydrogen (secondary N) is 1. The van der Waals surface area contributed by atoms with Crippen LogP contribution >= 0.6 is 0 Å². The Kier molecular flexibility index (Phi) is 4.59. The van der Waals surface area contributed by atoms with E-state index in [2.05, 4.69) is 15.3 Å². The number of aromatic carboxylic acids is 1. The van der Waals surface area contributed by atoms with Crippen LogP contribution in [-0.4, -0.2) is 46.6 Å². The van der Waals surface area contributed by atoms with Gasteiger partial charge in [-0.05, 0) is 13.8 Å². The maximum Gasteiger partial charge on any atom is 0.356 e. The van der Waals surface area contributed by atoms with Crippen molar-refractivity contribution in [2.45, 2.75) is 19.9 Å². The van der Waals surface area contributed by atoms with Crippen molar-refractivity contribution >= 4 is 17.7 Å². The smallest absolute Gasteiger partial charge is 0.356 e. The lowest BCUT2D eigenvalue weighted by Crippen LogP contribution is -2.38. The predicted octanol–water partition coefficient (Wildman–Crippen LogP) is 0.136. The van der Waals surface area contributed by atoms with E-state index in [1.807, 2.05) is 13.8 Å². The van der Waals surface area contributed by atoms with Crippen LogP contribution in [0, 0.1) is 0 Å². The molecule has 0 bridgehead atoms. The largest absolute Gasteiger partial charge is 0.476 e. The quantitative estimate of drug-likeness (QED) is 0.773. The number of nitrogens with zero attached hydrogens (tertiary/aromatic N) is 3. The Morgan fingerprint density at radius 1 is 1.39 bits per heavy atom. The molecule has 0 saturated heterocycles. The van der Waals surface area contributed by atoms with Gasteiger partial charge in [-0.25, -0.2) is 14.8 Å². The van der Waals surface area contributed by atoms with Crippen LogP contribution in [0.25, 0.3) is 0 Å². The van der Waals surface area contributed by atoms with Gasteiger partial charge in [0.05, 0.1) is 18.9 Å². The summed E-state index contributed by atoms with van der Waals surface area (Å²) < 4.78 is 0. The average molecular weight is 252 g/mol. The average Bonchev–Trinajstić information content (AvgIpc) is 2.27. The van der Waals surface area contributed by atoms with Crippen molar-refractivity contribution in [1.82, 2.24) is 15.3 Å². The number of aromatic nitrogens is 2. The zero-order chi connectivity index (χ0) is 13.7. The van der Waals surface area contributed by atoms with Crippen LogP contribution in [0.1, 0.15) is 24.3 Å². The van der Waals surface area contributed by atoms with Gasteiger partial charge in [0.15, 0.2) is 5.69 Å². The molecule has 18 heavy (non-hydrogen) atoms. The Balaban J connectivity index is 2.64. The molecule has 0 aliphatic heterocycles. The first-order valence-electron chi connectivity index (χ1n) is 5.46. The van der Waals surface area contributed by atoms with E-state index in [1.54, 1.807) is 11.9 Å². The van der Waals surface area contributed by atoms with Crippen LogP contribution in [0.2, 0.25) is 0 Å². The molecular weight excluding hydrogens is 236 g/mol. The summed E-state index contributed by atoms with van der Waals surface area (Å²) in [6.45, 7) is 3.89. The highest BCUT2D eigenvalue weighted by Gasteiger charge is 2.11. The minimum Gasteiger partial charge on any atom is -0.476 e. The number of likely N-dealkylation sites (N-methyl/N-ethyl adjacent to an activating group) is 1. The van der Waals surface area contributed by atoms with Crippen molar-refractivity contribution in [1.29, 1.82) is 0 Å². The molecule has 0 aliphatic carbocycles. The van der Waals surface area contributed by atoms with Crippen molar-refractivity contribution in [3.05, 3.63) is 18.1 Å². The Bertz CT molecular complexity index is 430. The molecular formula is C11H16N4O3. The lowest BCUT2D eigenvalue weighted by Gasteiger charge is -2.18. The summed E-state index contributed by atoms with van der Waals surface area (Å²) in [6, 6.07) is 0.0753. The lowest BCUT2D eigenvalue weighted by atomic mass is 10.4. The number of amides is 1. The van der Waals surface area contributed by atoms with Gasteiger partial charge in [0, 0.05) is 13.1 Å². The third-order valence-corrected chi connectivity index (χ3v) is 2.08. The molecule has 0 saturated carbocycles. The van der Waals surface area contributed by atoms with Gasteiger partial charge in [0.2, 0.25) is 5.91 Å². The van der Waals surface area contributed by atoms with Crippen LogP contribution < -0.4 is 10.2 Å². The number of hydrogen-bond donors (Lipinski definition) is 2. The van der Waals surface area contributed by atoms with Gasteiger partial charge in [-0.1, -0.05) is 0 Å². The summed E-state index contributed by atoms with van der Waals surface area (Å²) in [7, 11) is 1.68. The lowest BCUT2D eigenvalue weighted by molar-refractivity contribution is -0.120. The van der Waals surface area contributed by atoms with Crippen LogP contribution in [-0.2, 0) is 4.79 Å². The van der Waals surface area contributed by atoms with E-state index in [4.69, 9.17) is 5.11 Å². The van der Waals surface area contributed by atoms with E-state index in [-0.39, 0.29) is 24.2 Å². The van der Waals surface area contributed by atoms with Crippen molar-refractivity contribution in [2.24, 2.45) is 0 Å². The molecule has 0 fully saturated rings. The molecule has 1 aromatic heterocycles. The minimum absolute atomic E-state index is 0.0753. The number of carboxylic acid groups (broad SMARTS) is 1. The summed E-state index contributed by atoms with van der Waals surface area (Å²) >= 11 is 0.